The Balaban J connectivity index is 1.85. The first-order valence-electron chi connectivity index (χ1n) is 8.83. The fourth-order valence-corrected chi connectivity index (χ4v) is 6.71. The molecular weight excluding hydrogens is 260 g/mol. The van der Waals surface area contributed by atoms with Crippen molar-refractivity contribution in [3.05, 3.63) is 0 Å². The van der Waals surface area contributed by atoms with Gasteiger partial charge in [0.1, 0.15) is 0 Å². The maximum absolute atomic E-state index is 13.3. The van der Waals surface area contributed by atoms with Gasteiger partial charge in [-0.3, -0.25) is 4.79 Å². The van der Waals surface area contributed by atoms with Crippen LogP contribution in [0.3, 0.4) is 0 Å². The first-order valence-corrected chi connectivity index (χ1v) is 8.83. The molecule has 0 aromatic rings. The van der Waals surface area contributed by atoms with Gasteiger partial charge in [-0.25, -0.2) is 0 Å². The SMILES string of the molecule is CCN(CCCN)C(=O)C12CC3CC(C)(CC(C)(C3)C1)C2. The molecule has 3 nitrogen and oxygen atoms in total. The summed E-state index contributed by atoms with van der Waals surface area (Å²) in [7, 11) is 0. The minimum Gasteiger partial charge on any atom is -0.342 e. The Morgan fingerprint density at radius 2 is 1.76 bits per heavy atom. The summed E-state index contributed by atoms with van der Waals surface area (Å²) in [6.45, 7) is 9.33. The Labute approximate surface area is 129 Å². The van der Waals surface area contributed by atoms with Gasteiger partial charge in [-0.1, -0.05) is 13.8 Å². The van der Waals surface area contributed by atoms with Crippen LogP contribution < -0.4 is 5.73 Å². The highest BCUT2D eigenvalue weighted by Crippen LogP contribution is 2.69. The van der Waals surface area contributed by atoms with E-state index in [1.165, 1.54) is 19.3 Å². The van der Waals surface area contributed by atoms with Gasteiger partial charge >= 0.3 is 0 Å². The van der Waals surface area contributed by atoms with E-state index in [1.807, 2.05) is 0 Å². The van der Waals surface area contributed by atoms with E-state index in [-0.39, 0.29) is 5.41 Å². The zero-order valence-electron chi connectivity index (χ0n) is 14.1. The fourth-order valence-electron chi connectivity index (χ4n) is 6.71. The average molecular weight is 292 g/mol. The molecule has 2 N–H and O–H groups in total. The van der Waals surface area contributed by atoms with E-state index < -0.39 is 0 Å². The van der Waals surface area contributed by atoms with Crippen molar-refractivity contribution in [2.75, 3.05) is 19.6 Å². The molecule has 4 rings (SSSR count). The molecular formula is C18H32N2O. The normalized spacial score (nSPS) is 44.1. The number of carbonyl (C=O) groups is 1. The smallest absolute Gasteiger partial charge is 0.228 e. The molecule has 3 heteroatoms. The summed E-state index contributed by atoms with van der Waals surface area (Å²) in [5, 5.41) is 0. The van der Waals surface area contributed by atoms with Crippen molar-refractivity contribution < 1.29 is 4.79 Å². The first kappa shape index (κ1) is 15.3. The Morgan fingerprint density at radius 3 is 2.24 bits per heavy atom. The van der Waals surface area contributed by atoms with Crippen LogP contribution >= 0.6 is 0 Å². The van der Waals surface area contributed by atoms with Gasteiger partial charge in [-0.15, -0.1) is 0 Å². The van der Waals surface area contributed by atoms with Gasteiger partial charge in [0.25, 0.3) is 0 Å². The molecule has 0 spiro atoms. The summed E-state index contributed by atoms with van der Waals surface area (Å²) in [4.78, 5) is 15.4. The van der Waals surface area contributed by atoms with Gasteiger partial charge in [0, 0.05) is 13.1 Å². The van der Waals surface area contributed by atoms with Crippen LogP contribution in [0, 0.1) is 22.2 Å². The lowest BCUT2D eigenvalue weighted by Crippen LogP contribution is -2.60. The summed E-state index contributed by atoms with van der Waals surface area (Å²) in [6.07, 6.45) is 8.37. The number of hydrogen-bond donors (Lipinski definition) is 1. The number of amides is 1. The summed E-state index contributed by atoms with van der Waals surface area (Å²) >= 11 is 0. The van der Waals surface area contributed by atoms with Crippen LogP contribution in [0.5, 0.6) is 0 Å². The van der Waals surface area contributed by atoms with Crippen molar-refractivity contribution in [2.45, 2.75) is 65.7 Å². The molecule has 4 saturated carbocycles. The van der Waals surface area contributed by atoms with Gasteiger partial charge in [0.05, 0.1) is 5.41 Å². The molecule has 0 aromatic heterocycles. The van der Waals surface area contributed by atoms with Crippen molar-refractivity contribution in [1.82, 2.24) is 4.90 Å². The van der Waals surface area contributed by atoms with Crippen LogP contribution in [0.4, 0.5) is 0 Å². The van der Waals surface area contributed by atoms with Gasteiger partial charge in [-0.2, -0.15) is 0 Å². The third kappa shape index (κ3) is 2.52. The van der Waals surface area contributed by atoms with E-state index in [2.05, 4.69) is 25.7 Å². The number of hydrogen-bond acceptors (Lipinski definition) is 2. The minimum atomic E-state index is -0.0481. The molecule has 0 saturated heterocycles. The molecule has 4 fully saturated rings. The second-order valence-electron chi connectivity index (χ2n) is 8.94. The van der Waals surface area contributed by atoms with Gasteiger partial charge in [0.2, 0.25) is 5.91 Å². The molecule has 2 atom stereocenters. The fraction of sp³-hybridized carbons (Fsp3) is 0.944. The maximum atomic E-state index is 13.3. The highest BCUT2D eigenvalue weighted by molar-refractivity contribution is 5.83. The van der Waals surface area contributed by atoms with Crippen LogP contribution in [0.1, 0.15) is 65.7 Å². The molecule has 0 radical (unpaired) electrons. The van der Waals surface area contributed by atoms with Gasteiger partial charge in [0.15, 0.2) is 0 Å². The van der Waals surface area contributed by atoms with E-state index in [0.29, 0.717) is 23.3 Å². The van der Waals surface area contributed by atoms with E-state index in [1.54, 1.807) is 0 Å². The molecule has 21 heavy (non-hydrogen) atoms. The Bertz CT molecular complexity index is 415. The highest BCUT2D eigenvalue weighted by atomic mass is 16.2. The van der Waals surface area contributed by atoms with Gasteiger partial charge in [-0.05, 0) is 75.2 Å². The van der Waals surface area contributed by atoms with Crippen LogP contribution in [-0.2, 0) is 4.79 Å². The molecule has 120 valence electrons. The lowest BCUT2D eigenvalue weighted by atomic mass is 9.40. The second kappa shape index (κ2) is 4.97. The Kier molecular flexibility index (Phi) is 3.63. The number of nitrogens with two attached hydrogens (primary N) is 1. The predicted octanol–water partition coefficient (Wildman–Crippen LogP) is 3.18. The van der Waals surface area contributed by atoms with E-state index in [0.717, 1.165) is 44.7 Å². The third-order valence-corrected chi connectivity index (χ3v) is 6.38. The summed E-state index contributed by atoms with van der Waals surface area (Å²) in [5.41, 5.74) is 6.42. The number of carbonyl (C=O) groups excluding carboxylic acids is 1. The second-order valence-corrected chi connectivity index (χ2v) is 8.94. The van der Waals surface area contributed by atoms with Gasteiger partial charge < -0.3 is 10.6 Å². The lowest BCUT2D eigenvalue weighted by Gasteiger charge is -2.65. The third-order valence-electron chi connectivity index (χ3n) is 6.38. The molecule has 0 heterocycles. The molecule has 2 unspecified atom stereocenters. The standard InChI is InChI=1S/C18H32N2O/c1-4-20(7-5-6-19)15(21)18-10-14-8-16(2,12-18)11-17(3,9-14)13-18/h14H,4-13,19H2,1-3H3. The highest BCUT2D eigenvalue weighted by Gasteiger charge is 2.63. The molecule has 4 aliphatic rings. The van der Waals surface area contributed by atoms with E-state index in [9.17, 15) is 4.79 Å². The largest absolute Gasteiger partial charge is 0.342 e. The van der Waals surface area contributed by atoms with Crippen molar-refractivity contribution in [1.29, 1.82) is 0 Å². The predicted molar refractivity (Wildman–Crippen MR) is 85.8 cm³/mol. The lowest BCUT2D eigenvalue weighted by molar-refractivity contribution is -0.179. The molecule has 4 aliphatic carbocycles. The van der Waals surface area contributed by atoms with Crippen molar-refractivity contribution in [3.8, 4) is 0 Å². The Morgan fingerprint density at radius 1 is 1.14 bits per heavy atom. The average Bonchev–Trinajstić information content (AvgIpc) is 2.35. The van der Waals surface area contributed by atoms with Crippen molar-refractivity contribution in [3.63, 3.8) is 0 Å². The molecule has 0 aromatic carbocycles. The quantitative estimate of drug-likeness (QED) is 0.846. The monoisotopic (exact) mass is 292 g/mol. The molecule has 0 aliphatic heterocycles. The summed E-state index contributed by atoms with van der Waals surface area (Å²) < 4.78 is 0. The summed E-state index contributed by atoms with van der Waals surface area (Å²) in [6, 6.07) is 0. The van der Waals surface area contributed by atoms with Crippen molar-refractivity contribution >= 4 is 5.91 Å². The summed E-state index contributed by atoms with van der Waals surface area (Å²) in [5.74, 6) is 1.23. The van der Waals surface area contributed by atoms with Crippen LogP contribution in [0.25, 0.3) is 0 Å². The van der Waals surface area contributed by atoms with Crippen molar-refractivity contribution in [2.24, 2.45) is 27.9 Å². The Hall–Kier alpha value is -0.570. The van der Waals surface area contributed by atoms with E-state index in [4.69, 9.17) is 5.73 Å². The number of rotatable bonds is 5. The zero-order chi connectivity index (χ0) is 15.3. The topological polar surface area (TPSA) is 46.3 Å². The molecule has 4 bridgehead atoms. The van der Waals surface area contributed by atoms with E-state index >= 15 is 0 Å². The maximum Gasteiger partial charge on any atom is 0.228 e. The van der Waals surface area contributed by atoms with Crippen LogP contribution in [-0.4, -0.2) is 30.4 Å². The zero-order valence-corrected chi connectivity index (χ0v) is 14.1. The molecule has 1 amide bonds. The number of nitrogens with zero attached hydrogens (tertiary/aromatic N) is 1. The van der Waals surface area contributed by atoms with Crippen LogP contribution in [0.2, 0.25) is 0 Å². The first-order chi connectivity index (χ1) is 9.84. The van der Waals surface area contributed by atoms with Crippen LogP contribution in [0.15, 0.2) is 0 Å². The minimum absolute atomic E-state index is 0.0481.